The fourth-order valence-corrected chi connectivity index (χ4v) is 2.65. The van der Waals surface area contributed by atoms with Gasteiger partial charge in [0.05, 0.1) is 14.2 Å². The van der Waals surface area contributed by atoms with Gasteiger partial charge in [0, 0.05) is 17.6 Å². The summed E-state index contributed by atoms with van der Waals surface area (Å²) < 4.78 is 10.5. The van der Waals surface area contributed by atoms with Gasteiger partial charge in [0.25, 0.3) is 0 Å². The van der Waals surface area contributed by atoms with Crippen molar-refractivity contribution in [3.8, 4) is 17.2 Å². The van der Waals surface area contributed by atoms with E-state index in [1.807, 2.05) is 24.3 Å². The summed E-state index contributed by atoms with van der Waals surface area (Å²) in [5.74, 6) is 1.34. The molecule has 3 rings (SSSR count). The van der Waals surface area contributed by atoms with Crippen LogP contribution in [0.25, 0.3) is 6.08 Å². The molecule has 0 saturated heterocycles. The number of phenols is 1. The molecule has 2 aromatic rings. The first-order chi connectivity index (χ1) is 10.6. The molecule has 1 aliphatic rings. The molecule has 0 radical (unpaired) electrons. The fraction of sp³-hybridized carbons (Fsp3) is 0.167. The second-order valence-electron chi connectivity index (χ2n) is 5.13. The number of carbonyl (C=O) groups is 1. The summed E-state index contributed by atoms with van der Waals surface area (Å²) in [6.45, 7) is 0. The molecule has 0 saturated carbocycles. The van der Waals surface area contributed by atoms with Crippen LogP contribution in [0.4, 0.5) is 0 Å². The van der Waals surface area contributed by atoms with Crippen LogP contribution in [0, 0.1) is 0 Å². The smallest absolute Gasteiger partial charge is 0.189 e. The van der Waals surface area contributed by atoms with Crippen molar-refractivity contribution < 1.29 is 19.4 Å². The third kappa shape index (κ3) is 2.44. The highest BCUT2D eigenvalue weighted by molar-refractivity contribution is 6.15. The third-order valence-electron chi connectivity index (χ3n) is 3.76. The zero-order valence-electron chi connectivity index (χ0n) is 12.4. The maximum absolute atomic E-state index is 12.4. The molecule has 0 unspecified atom stereocenters. The van der Waals surface area contributed by atoms with E-state index in [0.29, 0.717) is 29.1 Å². The van der Waals surface area contributed by atoms with Gasteiger partial charge in [-0.1, -0.05) is 12.1 Å². The lowest BCUT2D eigenvalue weighted by atomic mass is 10.1. The van der Waals surface area contributed by atoms with Gasteiger partial charge in [0.15, 0.2) is 17.3 Å². The van der Waals surface area contributed by atoms with E-state index < -0.39 is 0 Å². The second kappa shape index (κ2) is 5.56. The number of phenolic OH excluding ortho intramolecular Hbond substituents is 1. The van der Waals surface area contributed by atoms with Crippen LogP contribution in [0.15, 0.2) is 42.0 Å². The minimum atomic E-state index is -0.0410. The molecule has 1 N–H and O–H groups in total. The minimum absolute atomic E-state index is 0.0410. The second-order valence-corrected chi connectivity index (χ2v) is 5.13. The first kappa shape index (κ1) is 14.2. The first-order valence-electron chi connectivity index (χ1n) is 6.91. The number of aromatic hydroxyl groups is 1. The molecule has 0 aromatic heterocycles. The van der Waals surface area contributed by atoms with E-state index in [-0.39, 0.29) is 11.5 Å². The van der Waals surface area contributed by atoms with Crippen molar-refractivity contribution in [2.24, 2.45) is 0 Å². The normalized spacial score (nSPS) is 15.0. The lowest BCUT2D eigenvalue weighted by molar-refractivity contribution is 0.104. The Morgan fingerprint density at radius 2 is 1.82 bits per heavy atom. The molecule has 0 amide bonds. The van der Waals surface area contributed by atoms with Crippen LogP contribution in [-0.2, 0) is 6.42 Å². The number of methoxy groups -OCH3 is 2. The van der Waals surface area contributed by atoms with E-state index in [9.17, 15) is 9.90 Å². The number of allylic oxidation sites excluding steroid dienone is 1. The Morgan fingerprint density at radius 3 is 2.55 bits per heavy atom. The molecule has 112 valence electrons. The van der Waals surface area contributed by atoms with E-state index in [4.69, 9.17) is 9.47 Å². The topological polar surface area (TPSA) is 55.8 Å². The van der Waals surface area contributed by atoms with Gasteiger partial charge in [-0.3, -0.25) is 4.79 Å². The average Bonchev–Trinajstić information content (AvgIpc) is 2.83. The molecular formula is C18H16O4. The number of benzene rings is 2. The van der Waals surface area contributed by atoms with Gasteiger partial charge in [-0.2, -0.15) is 0 Å². The van der Waals surface area contributed by atoms with Gasteiger partial charge in [-0.05, 0) is 41.5 Å². The number of carbonyl (C=O) groups excluding carboxylic acids is 1. The van der Waals surface area contributed by atoms with Crippen LogP contribution in [-0.4, -0.2) is 25.1 Å². The summed E-state index contributed by atoms with van der Waals surface area (Å²) >= 11 is 0. The van der Waals surface area contributed by atoms with Gasteiger partial charge in [0.1, 0.15) is 5.75 Å². The molecule has 4 heteroatoms. The van der Waals surface area contributed by atoms with Gasteiger partial charge in [-0.25, -0.2) is 0 Å². The number of fused-ring (bicyclic) bond motifs is 1. The summed E-state index contributed by atoms with van der Waals surface area (Å²) in [4.78, 5) is 12.4. The monoisotopic (exact) mass is 296 g/mol. The Labute approximate surface area is 128 Å². The molecule has 4 nitrogen and oxygen atoms in total. The Hall–Kier alpha value is -2.75. The number of ketones is 1. The number of Topliss-reactive ketones (excluding diaryl/α,β-unsaturated/α-hetero) is 1. The van der Waals surface area contributed by atoms with Crippen molar-refractivity contribution in [1.82, 2.24) is 0 Å². The standard InChI is InChI=1S/C18H16O4/c1-21-16-6-3-11(8-17(16)22-2)7-13-9-12-4-5-14(19)10-15(12)18(13)20/h3-8,10,19H,9H2,1-2H3/b13-7+. The van der Waals surface area contributed by atoms with Gasteiger partial charge < -0.3 is 14.6 Å². The summed E-state index contributed by atoms with van der Waals surface area (Å²) in [5, 5.41) is 9.51. The largest absolute Gasteiger partial charge is 0.508 e. The van der Waals surface area contributed by atoms with Crippen LogP contribution in [0.3, 0.4) is 0 Å². The summed E-state index contributed by atoms with van der Waals surface area (Å²) in [6, 6.07) is 10.4. The lowest BCUT2D eigenvalue weighted by Gasteiger charge is -2.08. The predicted molar refractivity (Wildman–Crippen MR) is 83.7 cm³/mol. The van der Waals surface area contributed by atoms with Crippen LogP contribution in [0.1, 0.15) is 21.5 Å². The van der Waals surface area contributed by atoms with Gasteiger partial charge >= 0.3 is 0 Å². The van der Waals surface area contributed by atoms with Crippen LogP contribution in [0.2, 0.25) is 0 Å². The Bertz CT molecular complexity index is 775. The molecule has 0 bridgehead atoms. The third-order valence-corrected chi connectivity index (χ3v) is 3.76. The minimum Gasteiger partial charge on any atom is -0.508 e. The molecule has 0 heterocycles. The molecule has 0 aliphatic heterocycles. The lowest BCUT2D eigenvalue weighted by Crippen LogP contribution is -1.95. The quantitative estimate of drug-likeness (QED) is 0.884. The molecule has 1 aliphatic carbocycles. The number of rotatable bonds is 3. The maximum Gasteiger partial charge on any atom is 0.189 e. The molecule has 0 fully saturated rings. The number of ether oxygens (including phenoxy) is 2. The highest BCUT2D eigenvalue weighted by Crippen LogP contribution is 2.32. The number of hydrogen-bond acceptors (Lipinski definition) is 4. The van der Waals surface area contributed by atoms with Crippen molar-refractivity contribution in [1.29, 1.82) is 0 Å². The SMILES string of the molecule is COc1ccc(/C=C2\Cc3ccc(O)cc3C2=O)cc1OC. The summed E-state index contributed by atoms with van der Waals surface area (Å²) in [6.07, 6.45) is 2.42. The average molecular weight is 296 g/mol. The molecular weight excluding hydrogens is 280 g/mol. The van der Waals surface area contributed by atoms with Crippen LogP contribution >= 0.6 is 0 Å². The van der Waals surface area contributed by atoms with Crippen LogP contribution < -0.4 is 9.47 Å². The zero-order valence-corrected chi connectivity index (χ0v) is 12.4. The number of hydrogen-bond donors (Lipinski definition) is 1. The van der Waals surface area contributed by atoms with Crippen molar-refractivity contribution >= 4 is 11.9 Å². The van der Waals surface area contributed by atoms with Gasteiger partial charge in [0.2, 0.25) is 0 Å². The Kier molecular flexibility index (Phi) is 3.59. The molecule has 0 spiro atoms. The van der Waals surface area contributed by atoms with Crippen molar-refractivity contribution in [3.05, 3.63) is 58.7 Å². The first-order valence-corrected chi connectivity index (χ1v) is 6.91. The van der Waals surface area contributed by atoms with Crippen LogP contribution in [0.5, 0.6) is 17.2 Å². The summed E-state index contributed by atoms with van der Waals surface area (Å²) in [7, 11) is 3.16. The van der Waals surface area contributed by atoms with Gasteiger partial charge in [-0.15, -0.1) is 0 Å². The highest BCUT2D eigenvalue weighted by Gasteiger charge is 2.25. The van der Waals surface area contributed by atoms with E-state index in [1.165, 1.54) is 6.07 Å². The molecule has 2 aromatic carbocycles. The van der Waals surface area contributed by atoms with Crippen molar-refractivity contribution in [3.63, 3.8) is 0 Å². The Morgan fingerprint density at radius 1 is 1.05 bits per heavy atom. The fourth-order valence-electron chi connectivity index (χ4n) is 2.65. The Balaban J connectivity index is 1.96. The maximum atomic E-state index is 12.4. The molecule has 22 heavy (non-hydrogen) atoms. The van der Waals surface area contributed by atoms with E-state index >= 15 is 0 Å². The van der Waals surface area contributed by atoms with E-state index in [1.54, 1.807) is 26.4 Å². The van der Waals surface area contributed by atoms with Crippen molar-refractivity contribution in [2.45, 2.75) is 6.42 Å². The van der Waals surface area contributed by atoms with E-state index in [2.05, 4.69) is 0 Å². The summed E-state index contributed by atoms with van der Waals surface area (Å²) in [5.41, 5.74) is 3.09. The van der Waals surface area contributed by atoms with Crippen molar-refractivity contribution in [2.75, 3.05) is 14.2 Å². The predicted octanol–water partition coefficient (Wildman–Crippen LogP) is 3.23. The van der Waals surface area contributed by atoms with E-state index in [0.717, 1.165) is 11.1 Å². The zero-order chi connectivity index (χ0) is 15.7. The molecule has 0 atom stereocenters. The highest BCUT2D eigenvalue weighted by atomic mass is 16.5.